The second-order valence-corrected chi connectivity index (χ2v) is 14.3. The summed E-state index contributed by atoms with van der Waals surface area (Å²) in [6.45, 7) is 11.7. The van der Waals surface area contributed by atoms with Gasteiger partial charge in [0.2, 0.25) is 0 Å². The number of benzene rings is 2. The molecule has 0 spiro atoms. The first kappa shape index (κ1) is 36.4. The van der Waals surface area contributed by atoms with E-state index in [1.807, 2.05) is 0 Å². The van der Waals surface area contributed by atoms with Crippen LogP contribution in [0.25, 0.3) is 0 Å². The van der Waals surface area contributed by atoms with E-state index in [2.05, 4.69) is 58.3 Å². The predicted octanol–water partition coefficient (Wildman–Crippen LogP) is 6.74. The molecule has 4 heterocycles. The fourth-order valence-corrected chi connectivity index (χ4v) is 8.65. The Morgan fingerprint density at radius 3 is 1.30 bits per heavy atom. The molecular formula is C39H60ClN3O4. The zero-order valence-corrected chi connectivity index (χ0v) is 29.5. The van der Waals surface area contributed by atoms with E-state index in [-0.39, 0.29) is 29.3 Å². The maximum absolute atomic E-state index is 7.59. The third-order valence-electron chi connectivity index (χ3n) is 11.5. The second kappa shape index (κ2) is 18.2. The lowest BCUT2D eigenvalue weighted by molar-refractivity contribution is -0.00695. The maximum atomic E-state index is 7.59. The average molecular weight is 670 g/mol. The molecule has 4 aliphatic heterocycles. The molecule has 0 amide bonds. The molecule has 47 heavy (non-hydrogen) atoms. The van der Waals surface area contributed by atoms with E-state index in [9.17, 15) is 0 Å². The molecule has 4 aliphatic rings. The lowest BCUT2D eigenvalue weighted by Crippen LogP contribution is -2.61. The monoisotopic (exact) mass is 669 g/mol. The highest BCUT2D eigenvalue weighted by Gasteiger charge is 2.51. The fraction of sp³-hybridized carbons (Fsp3) is 0.692. The number of rotatable bonds is 14. The number of hydrogen-bond acceptors (Lipinski definition) is 7. The van der Waals surface area contributed by atoms with Crippen LogP contribution in [0.5, 0.6) is 11.5 Å². The largest absolute Gasteiger partial charge is 0.494 e. The third-order valence-corrected chi connectivity index (χ3v) is 11.5. The Balaban J connectivity index is 0.00000433. The number of nitrogens with zero attached hydrogens (tertiary/aromatic N) is 2. The number of hydrogen-bond donors (Lipinski definition) is 1. The highest BCUT2D eigenvalue weighted by atomic mass is 35.5. The van der Waals surface area contributed by atoms with E-state index in [0.29, 0.717) is 0 Å². The molecule has 0 atom stereocenters. The smallest absolute Gasteiger partial charge is 0.119 e. The summed E-state index contributed by atoms with van der Waals surface area (Å²) in [6, 6.07) is 17.7. The second-order valence-electron chi connectivity index (χ2n) is 14.3. The predicted molar refractivity (Wildman–Crippen MR) is 192 cm³/mol. The van der Waals surface area contributed by atoms with Gasteiger partial charge >= 0.3 is 0 Å². The van der Waals surface area contributed by atoms with Gasteiger partial charge in [0.25, 0.3) is 0 Å². The normalized spacial score (nSPS) is 22.0. The lowest BCUT2D eigenvalue weighted by atomic mass is 9.56. The van der Waals surface area contributed by atoms with Crippen molar-refractivity contribution >= 4 is 12.4 Å². The summed E-state index contributed by atoms with van der Waals surface area (Å²) in [5.74, 6) is 1.90. The van der Waals surface area contributed by atoms with E-state index >= 15 is 0 Å². The van der Waals surface area contributed by atoms with Crippen molar-refractivity contribution in [2.45, 2.75) is 93.9 Å². The Bertz CT molecular complexity index is 1060. The van der Waals surface area contributed by atoms with Gasteiger partial charge in [-0.2, -0.15) is 0 Å². The third kappa shape index (κ3) is 9.23. The fourth-order valence-electron chi connectivity index (χ4n) is 8.65. The van der Waals surface area contributed by atoms with Gasteiger partial charge in [-0.15, -0.1) is 12.4 Å². The SMILES string of the molecule is Cl.NC(C1(c2ccc(OCCCN3CCCCC3)cc2)CCOCC1)C1(c2ccc(OCCCN3CCCCC3)cc2)CCOCC1. The van der Waals surface area contributed by atoms with Crippen LogP contribution in [0.4, 0.5) is 0 Å². The van der Waals surface area contributed by atoms with Gasteiger partial charge in [0, 0.05) is 56.4 Å². The molecule has 4 fully saturated rings. The van der Waals surface area contributed by atoms with E-state index in [1.54, 1.807) is 0 Å². The van der Waals surface area contributed by atoms with Crippen molar-refractivity contribution in [1.29, 1.82) is 0 Å². The van der Waals surface area contributed by atoms with E-state index in [4.69, 9.17) is 24.7 Å². The van der Waals surface area contributed by atoms with Crippen molar-refractivity contribution in [2.75, 3.05) is 78.9 Å². The Hall–Kier alpha value is -1.87. The summed E-state index contributed by atoms with van der Waals surface area (Å²) >= 11 is 0. The maximum Gasteiger partial charge on any atom is 0.119 e. The molecule has 0 aliphatic carbocycles. The van der Waals surface area contributed by atoms with Crippen LogP contribution in [0.1, 0.15) is 88.2 Å². The quantitative estimate of drug-likeness (QED) is 0.224. The summed E-state index contributed by atoms with van der Waals surface area (Å²) in [5, 5.41) is 0. The first-order chi connectivity index (χ1) is 22.7. The van der Waals surface area contributed by atoms with Crippen LogP contribution in [0.3, 0.4) is 0 Å². The molecular weight excluding hydrogens is 610 g/mol. The van der Waals surface area contributed by atoms with Crippen molar-refractivity contribution in [1.82, 2.24) is 9.80 Å². The van der Waals surface area contributed by atoms with E-state index in [1.165, 1.54) is 75.8 Å². The van der Waals surface area contributed by atoms with Gasteiger partial charge < -0.3 is 34.5 Å². The topological polar surface area (TPSA) is 69.4 Å². The molecule has 7 nitrogen and oxygen atoms in total. The minimum atomic E-state index is -0.175. The molecule has 6 rings (SSSR count). The number of nitrogens with two attached hydrogens (primary N) is 1. The summed E-state index contributed by atoms with van der Waals surface area (Å²) < 4.78 is 24.3. The average Bonchev–Trinajstić information content (AvgIpc) is 3.13. The first-order valence-corrected chi connectivity index (χ1v) is 18.5. The summed E-state index contributed by atoms with van der Waals surface area (Å²) in [5.41, 5.74) is 9.86. The van der Waals surface area contributed by atoms with Gasteiger partial charge in [-0.25, -0.2) is 0 Å². The molecule has 0 radical (unpaired) electrons. The summed E-state index contributed by atoms with van der Waals surface area (Å²) in [6.07, 6.45) is 13.9. The molecule has 0 aromatic heterocycles. The van der Waals surface area contributed by atoms with Crippen molar-refractivity contribution in [3.05, 3.63) is 59.7 Å². The zero-order chi connectivity index (χ0) is 31.5. The molecule has 0 bridgehead atoms. The van der Waals surface area contributed by atoms with Crippen LogP contribution in [0, 0.1) is 0 Å². The highest BCUT2D eigenvalue weighted by molar-refractivity contribution is 5.85. The van der Waals surface area contributed by atoms with Crippen molar-refractivity contribution < 1.29 is 18.9 Å². The molecule has 0 saturated carbocycles. The van der Waals surface area contributed by atoms with Crippen LogP contribution >= 0.6 is 12.4 Å². The van der Waals surface area contributed by atoms with Gasteiger partial charge in [-0.05, 0) is 126 Å². The minimum absolute atomic E-state index is 0. The lowest BCUT2D eigenvalue weighted by Gasteiger charge is -2.53. The number of piperidine rings is 2. The first-order valence-electron chi connectivity index (χ1n) is 18.5. The summed E-state index contributed by atoms with van der Waals surface area (Å²) in [4.78, 5) is 5.16. The number of likely N-dealkylation sites (tertiary alicyclic amines) is 2. The summed E-state index contributed by atoms with van der Waals surface area (Å²) in [7, 11) is 0. The zero-order valence-electron chi connectivity index (χ0n) is 28.7. The van der Waals surface area contributed by atoms with Crippen molar-refractivity contribution in [3.63, 3.8) is 0 Å². The van der Waals surface area contributed by atoms with Gasteiger partial charge in [0.15, 0.2) is 0 Å². The molecule has 0 unspecified atom stereocenters. The van der Waals surface area contributed by atoms with Gasteiger partial charge in [0.05, 0.1) is 13.2 Å². The van der Waals surface area contributed by atoms with E-state index in [0.717, 1.165) is 103 Å². The number of halogens is 1. The Morgan fingerprint density at radius 1 is 0.574 bits per heavy atom. The standard InChI is InChI=1S/C39H59N3O4.ClH/c40-37(38(17-29-43-30-18-38)33-9-13-35(14-10-33)45-27-7-25-41-21-3-1-4-22-41)39(19-31-44-32-20-39)34-11-15-36(16-12-34)46-28-8-26-42-23-5-2-6-24-42;/h9-16,37H,1-8,17-32,40H2;1H. The molecule has 2 N–H and O–H groups in total. The van der Waals surface area contributed by atoms with Crippen LogP contribution in [0.2, 0.25) is 0 Å². The van der Waals surface area contributed by atoms with Crippen LogP contribution in [-0.2, 0) is 20.3 Å². The van der Waals surface area contributed by atoms with Crippen molar-refractivity contribution in [3.8, 4) is 11.5 Å². The van der Waals surface area contributed by atoms with Gasteiger partial charge in [-0.3, -0.25) is 0 Å². The Labute approximate surface area is 290 Å². The highest BCUT2D eigenvalue weighted by Crippen LogP contribution is 2.49. The Morgan fingerprint density at radius 2 is 0.936 bits per heavy atom. The number of ether oxygens (including phenoxy) is 4. The van der Waals surface area contributed by atoms with Gasteiger partial charge in [0.1, 0.15) is 11.5 Å². The Kier molecular flexibility index (Phi) is 14.1. The molecule has 8 heteroatoms. The molecule has 2 aromatic carbocycles. The van der Waals surface area contributed by atoms with E-state index < -0.39 is 0 Å². The molecule has 4 saturated heterocycles. The van der Waals surface area contributed by atoms with Crippen molar-refractivity contribution in [2.24, 2.45) is 5.73 Å². The van der Waals surface area contributed by atoms with Crippen LogP contribution in [0.15, 0.2) is 48.5 Å². The van der Waals surface area contributed by atoms with Crippen LogP contribution in [-0.4, -0.2) is 94.8 Å². The molecule has 2 aromatic rings. The molecule has 262 valence electrons. The van der Waals surface area contributed by atoms with Crippen LogP contribution < -0.4 is 15.2 Å². The van der Waals surface area contributed by atoms with Gasteiger partial charge in [-0.1, -0.05) is 37.1 Å². The minimum Gasteiger partial charge on any atom is -0.494 e.